The summed E-state index contributed by atoms with van der Waals surface area (Å²) < 4.78 is 44.0. The predicted octanol–water partition coefficient (Wildman–Crippen LogP) is 6.48. The summed E-state index contributed by atoms with van der Waals surface area (Å²) in [7, 11) is 0. The lowest BCUT2D eigenvalue weighted by molar-refractivity contribution is -0.139. The molecule has 1 amide bonds. The highest BCUT2D eigenvalue weighted by molar-refractivity contribution is 5.94. The maximum atomic E-state index is 13.0. The van der Waals surface area contributed by atoms with Crippen LogP contribution in [0, 0.1) is 6.92 Å². The molecule has 0 radical (unpaired) electrons. The highest BCUT2D eigenvalue weighted by Gasteiger charge is 2.30. The summed E-state index contributed by atoms with van der Waals surface area (Å²) in [6.07, 6.45) is -3.41. The van der Waals surface area contributed by atoms with Crippen molar-refractivity contribution in [3.63, 3.8) is 0 Å². The first-order valence-electron chi connectivity index (χ1n) is 11.1. The van der Waals surface area contributed by atoms with Crippen LogP contribution in [0.25, 0.3) is 11.1 Å². The maximum absolute atomic E-state index is 13.0. The van der Waals surface area contributed by atoms with Gasteiger partial charge in [0.05, 0.1) is 12.1 Å². The largest absolute Gasteiger partial charge is 0.482 e. The molecule has 0 aromatic heterocycles. The van der Waals surface area contributed by atoms with Crippen molar-refractivity contribution in [2.45, 2.75) is 39.4 Å². The van der Waals surface area contributed by atoms with Gasteiger partial charge in [0.2, 0.25) is 5.91 Å². The Labute approximate surface area is 201 Å². The fourth-order valence-corrected chi connectivity index (χ4v) is 3.67. The Morgan fingerprint density at radius 3 is 2.29 bits per heavy atom. The number of nitrogens with zero attached hydrogens (tertiary/aromatic N) is 1. The molecule has 0 heterocycles. The Bertz CT molecular complexity index is 1190. The second kappa shape index (κ2) is 11.1. The molecule has 3 aromatic rings. The van der Waals surface area contributed by atoms with Gasteiger partial charge < -0.3 is 14.7 Å². The van der Waals surface area contributed by atoms with Crippen molar-refractivity contribution >= 4 is 17.6 Å². The van der Waals surface area contributed by atoms with E-state index in [4.69, 9.17) is 9.84 Å². The van der Waals surface area contributed by atoms with Crippen molar-refractivity contribution in [3.05, 3.63) is 83.4 Å². The number of hydrogen-bond donors (Lipinski definition) is 1. The molecular weight excluding hydrogens is 459 g/mol. The standard InChI is InChI=1S/C27H26F3NO4/c1-3-5-25(32)31(16-19-8-13-24(18(2)14-19)35-17-26(33)34)23-7-4-6-21(15-23)20-9-11-22(12-10-20)27(28,29)30/h4,6-15H,3,5,16-17H2,1-2H3,(H,33,34). The van der Waals surface area contributed by atoms with Gasteiger partial charge in [-0.05, 0) is 65.9 Å². The normalized spacial score (nSPS) is 11.2. The van der Waals surface area contributed by atoms with Gasteiger partial charge in [-0.1, -0.05) is 43.3 Å². The van der Waals surface area contributed by atoms with Gasteiger partial charge in [-0.2, -0.15) is 13.2 Å². The van der Waals surface area contributed by atoms with Crippen LogP contribution < -0.4 is 9.64 Å². The number of aryl methyl sites for hydroxylation is 1. The van der Waals surface area contributed by atoms with Crippen LogP contribution in [0.15, 0.2) is 66.7 Å². The summed E-state index contributed by atoms with van der Waals surface area (Å²) in [6.45, 7) is 3.53. The van der Waals surface area contributed by atoms with Gasteiger partial charge in [-0.3, -0.25) is 4.79 Å². The zero-order valence-corrected chi connectivity index (χ0v) is 19.4. The van der Waals surface area contributed by atoms with Crippen molar-refractivity contribution in [3.8, 4) is 16.9 Å². The van der Waals surface area contributed by atoms with Crippen molar-refractivity contribution in [1.82, 2.24) is 0 Å². The Morgan fingerprint density at radius 1 is 0.971 bits per heavy atom. The molecule has 0 aliphatic carbocycles. The summed E-state index contributed by atoms with van der Waals surface area (Å²) in [6, 6.07) is 17.3. The van der Waals surface area contributed by atoms with Gasteiger partial charge in [-0.15, -0.1) is 0 Å². The Morgan fingerprint density at radius 2 is 1.69 bits per heavy atom. The molecule has 0 aliphatic rings. The Kier molecular flexibility index (Phi) is 8.17. The molecule has 8 heteroatoms. The van der Waals surface area contributed by atoms with Gasteiger partial charge >= 0.3 is 12.1 Å². The average Bonchev–Trinajstić information content (AvgIpc) is 2.81. The smallest absolute Gasteiger partial charge is 0.416 e. The topological polar surface area (TPSA) is 66.8 Å². The lowest BCUT2D eigenvalue weighted by Crippen LogP contribution is -2.30. The minimum Gasteiger partial charge on any atom is -0.482 e. The van der Waals surface area contributed by atoms with E-state index in [9.17, 15) is 22.8 Å². The number of ether oxygens (including phenoxy) is 1. The van der Waals surface area contributed by atoms with Crippen LogP contribution in [0.2, 0.25) is 0 Å². The highest BCUT2D eigenvalue weighted by atomic mass is 19.4. The van der Waals surface area contributed by atoms with Crippen molar-refractivity contribution < 1.29 is 32.6 Å². The SMILES string of the molecule is CCCC(=O)N(Cc1ccc(OCC(=O)O)c(C)c1)c1cccc(-c2ccc(C(F)(F)F)cc2)c1. The highest BCUT2D eigenvalue weighted by Crippen LogP contribution is 2.32. The summed E-state index contributed by atoms with van der Waals surface area (Å²) in [5, 5.41) is 8.81. The molecule has 0 bridgehead atoms. The Balaban J connectivity index is 1.89. The first kappa shape index (κ1) is 25.8. The summed E-state index contributed by atoms with van der Waals surface area (Å²) in [5.41, 5.74) is 2.78. The van der Waals surface area contributed by atoms with Crippen molar-refractivity contribution in [2.24, 2.45) is 0 Å². The quantitative estimate of drug-likeness (QED) is 0.377. The number of amides is 1. The van der Waals surface area contributed by atoms with E-state index in [1.54, 1.807) is 48.2 Å². The third-order valence-electron chi connectivity index (χ3n) is 5.40. The number of alkyl halides is 3. The second-order valence-electron chi connectivity index (χ2n) is 8.14. The molecule has 0 atom stereocenters. The predicted molar refractivity (Wildman–Crippen MR) is 127 cm³/mol. The monoisotopic (exact) mass is 485 g/mol. The number of rotatable bonds is 9. The average molecular weight is 486 g/mol. The first-order valence-corrected chi connectivity index (χ1v) is 11.1. The van der Waals surface area contributed by atoms with E-state index in [-0.39, 0.29) is 12.5 Å². The number of halogens is 3. The number of hydrogen-bond acceptors (Lipinski definition) is 3. The molecule has 0 spiro atoms. The third-order valence-corrected chi connectivity index (χ3v) is 5.40. The van der Waals surface area contributed by atoms with E-state index in [1.165, 1.54) is 12.1 Å². The van der Waals surface area contributed by atoms with Crippen LogP contribution in [-0.4, -0.2) is 23.6 Å². The minimum atomic E-state index is -4.41. The molecule has 5 nitrogen and oxygen atoms in total. The third kappa shape index (κ3) is 6.85. The lowest BCUT2D eigenvalue weighted by atomic mass is 10.0. The second-order valence-corrected chi connectivity index (χ2v) is 8.14. The number of carbonyl (C=O) groups is 2. The molecule has 0 aliphatic heterocycles. The molecule has 0 unspecified atom stereocenters. The number of carbonyl (C=O) groups excluding carboxylic acids is 1. The number of anilines is 1. The number of aliphatic carboxylic acids is 1. The molecule has 0 fully saturated rings. The summed E-state index contributed by atoms with van der Waals surface area (Å²) in [4.78, 5) is 25.4. The summed E-state index contributed by atoms with van der Waals surface area (Å²) in [5.74, 6) is -0.703. The van der Waals surface area contributed by atoms with Crippen molar-refractivity contribution in [2.75, 3.05) is 11.5 Å². The Hall–Kier alpha value is -3.81. The fraction of sp³-hybridized carbons (Fsp3) is 0.259. The first-order chi connectivity index (χ1) is 16.6. The molecule has 3 rings (SSSR count). The van der Waals surface area contributed by atoms with Crippen molar-refractivity contribution in [1.29, 1.82) is 0 Å². The van der Waals surface area contributed by atoms with E-state index >= 15 is 0 Å². The van der Waals surface area contributed by atoms with E-state index in [0.717, 1.165) is 23.3 Å². The molecular formula is C27H26F3NO4. The van der Waals surface area contributed by atoms with E-state index in [0.29, 0.717) is 35.4 Å². The fourth-order valence-electron chi connectivity index (χ4n) is 3.67. The van der Waals surface area contributed by atoms with Crippen LogP contribution in [0.5, 0.6) is 5.75 Å². The van der Waals surface area contributed by atoms with Crippen LogP contribution in [0.3, 0.4) is 0 Å². The van der Waals surface area contributed by atoms with Crippen LogP contribution in [0.1, 0.15) is 36.5 Å². The van der Waals surface area contributed by atoms with Gasteiger partial charge in [0.25, 0.3) is 0 Å². The maximum Gasteiger partial charge on any atom is 0.416 e. The number of benzene rings is 3. The molecule has 0 saturated carbocycles. The number of carboxylic acid groups (broad SMARTS) is 1. The molecule has 0 saturated heterocycles. The molecule has 1 N–H and O–H groups in total. The van der Waals surface area contributed by atoms with E-state index in [1.807, 2.05) is 13.0 Å². The summed E-state index contributed by atoms with van der Waals surface area (Å²) >= 11 is 0. The van der Waals surface area contributed by atoms with E-state index < -0.39 is 24.3 Å². The van der Waals surface area contributed by atoms with Gasteiger partial charge in [-0.25, -0.2) is 4.79 Å². The lowest BCUT2D eigenvalue weighted by Gasteiger charge is -2.24. The number of carboxylic acids is 1. The van der Waals surface area contributed by atoms with Crippen LogP contribution >= 0.6 is 0 Å². The molecule has 184 valence electrons. The van der Waals surface area contributed by atoms with Crippen LogP contribution in [-0.2, 0) is 22.3 Å². The van der Waals surface area contributed by atoms with E-state index in [2.05, 4.69) is 0 Å². The van der Waals surface area contributed by atoms with Gasteiger partial charge in [0.15, 0.2) is 6.61 Å². The molecule has 35 heavy (non-hydrogen) atoms. The van der Waals surface area contributed by atoms with Gasteiger partial charge in [0.1, 0.15) is 5.75 Å². The zero-order chi connectivity index (χ0) is 25.6. The zero-order valence-electron chi connectivity index (χ0n) is 19.4. The van der Waals surface area contributed by atoms with Gasteiger partial charge in [0, 0.05) is 12.1 Å². The molecule has 3 aromatic carbocycles. The minimum absolute atomic E-state index is 0.0825. The van der Waals surface area contributed by atoms with Crippen LogP contribution in [0.4, 0.5) is 18.9 Å².